The molecule has 2 aromatic carbocycles. The number of ether oxygens (including phenoxy) is 1. The van der Waals surface area contributed by atoms with Crippen molar-refractivity contribution in [2.45, 2.75) is 17.9 Å². The van der Waals surface area contributed by atoms with Gasteiger partial charge < -0.3 is 10.1 Å². The van der Waals surface area contributed by atoms with E-state index in [1.165, 1.54) is 0 Å². The maximum atomic E-state index is 13.9. The van der Waals surface area contributed by atoms with Crippen LogP contribution in [-0.4, -0.2) is 19.5 Å². The quantitative estimate of drug-likeness (QED) is 0.579. The van der Waals surface area contributed by atoms with Crippen LogP contribution in [0, 0.1) is 23.0 Å². The van der Waals surface area contributed by atoms with E-state index in [2.05, 4.69) is 5.32 Å². The van der Waals surface area contributed by atoms with E-state index in [9.17, 15) is 8.78 Å². The molecule has 2 rings (SSSR count). The highest BCUT2D eigenvalue weighted by Crippen LogP contribution is 2.27. The SMILES string of the molecule is COCCSc1ccc(C(C)Nc2c(F)cc(C#N)cc2F)cc1. The van der Waals surface area contributed by atoms with Crippen molar-refractivity contribution in [3.05, 3.63) is 59.2 Å². The molecule has 0 saturated carbocycles. The maximum Gasteiger partial charge on any atom is 0.150 e. The Morgan fingerprint density at radius 2 is 1.83 bits per heavy atom. The highest BCUT2D eigenvalue weighted by molar-refractivity contribution is 7.99. The zero-order valence-corrected chi connectivity index (χ0v) is 14.3. The Labute approximate surface area is 144 Å². The minimum absolute atomic E-state index is 0.0411. The number of nitrogens with zero attached hydrogens (tertiary/aromatic N) is 1. The summed E-state index contributed by atoms with van der Waals surface area (Å²) in [6.45, 7) is 2.51. The van der Waals surface area contributed by atoms with Gasteiger partial charge in [0.05, 0.1) is 18.2 Å². The molecule has 0 aliphatic carbocycles. The minimum atomic E-state index is -0.773. The molecule has 3 nitrogen and oxygen atoms in total. The molecule has 1 unspecified atom stereocenters. The number of rotatable bonds is 7. The molecule has 1 atom stereocenters. The monoisotopic (exact) mass is 348 g/mol. The van der Waals surface area contributed by atoms with Crippen LogP contribution < -0.4 is 5.32 Å². The molecule has 0 bridgehead atoms. The largest absolute Gasteiger partial charge is 0.384 e. The van der Waals surface area contributed by atoms with Crippen LogP contribution in [-0.2, 0) is 4.74 Å². The number of halogens is 2. The molecule has 0 aromatic heterocycles. The molecule has 1 N–H and O–H groups in total. The first-order valence-corrected chi connectivity index (χ1v) is 8.41. The third-order valence-corrected chi connectivity index (χ3v) is 4.44. The predicted molar refractivity (Wildman–Crippen MR) is 92.2 cm³/mol. The first kappa shape index (κ1) is 18.2. The number of thioether (sulfide) groups is 1. The molecule has 2 aromatic rings. The van der Waals surface area contributed by atoms with Crippen molar-refractivity contribution < 1.29 is 13.5 Å². The second kappa shape index (κ2) is 8.67. The fourth-order valence-electron chi connectivity index (χ4n) is 2.17. The topological polar surface area (TPSA) is 45.0 Å². The third kappa shape index (κ3) is 4.70. The lowest BCUT2D eigenvalue weighted by molar-refractivity contribution is 0.218. The van der Waals surface area contributed by atoms with Crippen molar-refractivity contribution in [2.24, 2.45) is 0 Å². The average molecular weight is 348 g/mol. The van der Waals surface area contributed by atoms with E-state index < -0.39 is 11.6 Å². The van der Waals surface area contributed by atoms with E-state index in [0.29, 0.717) is 6.61 Å². The van der Waals surface area contributed by atoms with E-state index in [0.717, 1.165) is 28.3 Å². The van der Waals surface area contributed by atoms with Crippen LogP contribution in [0.1, 0.15) is 24.1 Å². The summed E-state index contributed by atoms with van der Waals surface area (Å²) in [5.74, 6) is -0.680. The molecule has 0 aliphatic heterocycles. The highest BCUT2D eigenvalue weighted by atomic mass is 32.2. The van der Waals surface area contributed by atoms with Crippen molar-refractivity contribution in [1.29, 1.82) is 5.26 Å². The number of methoxy groups -OCH3 is 1. The zero-order valence-electron chi connectivity index (χ0n) is 13.5. The summed E-state index contributed by atoms with van der Waals surface area (Å²) in [5, 5.41) is 11.6. The zero-order chi connectivity index (χ0) is 17.5. The van der Waals surface area contributed by atoms with E-state index in [1.807, 2.05) is 31.2 Å². The Bertz CT molecular complexity index is 706. The molecule has 24 heavy (non-hydrogen) atoms. The first-order valence-electron chi connectivity index (χ1n) is 7.42. The van der Waals surface area contributed by atoms with Gasteiger partial charge >= 0.3 is 0 Å². The smallest absolute Gasteiger partial charge is 0.150 e. The molecule has 6 heteroatoms. The number of hydrogen-bond donors (Lipinski definition) is 1. The third-order valence-electron chi connectivity index (χ3n) is 3.47. The number of nitriles is 1. The van der Waals surface area contributed by atoms with Crippen LogP contribution in [0.4, 0.5) is 14.5 Å². The fourth-order valence-corrected chi connectivity index (χ4v) is 2.99. The van der Waals surface area contributed by atoms with Gasteiger partial charge in [0.25, 0.3) is 0 Å². The Kier molecular flexibility index (Phi) is 6.59. The Hall–Kier alpha value is -2.10. The molecule has 0 aliphatic rings. The van der Waals surface area contributed by atoms with Gasteiger partial charge in [0, 0.05) is 23.8 Å². The lowest BCUT2D eigenvalue weighted by Crippen LogP contribution is -2.10. The lowest BCUT2D eigenvalue weighted by Gasteiger charge is -2.17. The Balaban J connectivity index is 2.07. The second-order valence-electron chi connectivity index (χ2n) is 5.20. The molecular formula is C18H18F2N2OS. The van der Waals surface area contributed by atoms with Crippen LogP contribution in [0.15, 0.2) is 41.3 Å². The molecule has 126 valence electrons. The van der Waals surface area contributed by atoms with Crippen LogP contribution in [0.25, 0.3) is 0 Å². The summed E-state index contributed by atoms with van der Waals surface area (Å²) >= 11 is 1.68. The molecule has 0 saturated heterocycles. The van der Waals surface area contributed by atoms with Crippen molar-refractivity contribution >= 4 is 17.4 Å². The number of hydrogen-bond acceptors (Lipinski definition) is 4. The van der Waals surface area contributed by atoms with Gasteiger partial charge in [-0.25, -0.2) is 8.78 Å². The van der Waals surface area contributed by atoms with Gasteiger partial charge in [0.2, 0.25) is 0 Å². The van der Waals surface area contributed by atoms with E-state index in [1.54, 1.807) is 24.9 Å². The van der Waals surface area contributed by atoms with Gasteiger partial charge in [-0.15, -0.1) is 11.8 Å². The van der Waals surface area contributed by atoms with Gasteiger partial charge in [-0.05, 0) is 36.8 Å². The van der Waals surface area contributed by atoms with Gasteiger partial charge in [-0.1, -0.05) is 12.1 Å². The van der Waals surface area contributed by atoms with Crippen LogP contribution in [0.5, 0.6) is 0 Å². The van der Waals surface area contributed by atoms with Gasteiger partial charge in [-0.2, -0.15) is 5.26 Å². The molecule has 0 fully saturated rings. The summed E-state index contributed by atoms with van der Waals surface area (Å²) < 4.78 is 32.9. The summed E-state index contributed by atoms with van der Waals surface area (Å²) in [7, 11) is 1.67. The summed E-state index contributed by atoms with van der Waals surface area (Å²) in [4.78, 5) is 1.11. The van der Waals surface area contributed by atoms with Crippen LogP contribution >= 0.6 is 11.8 Å². The Morgan fingerprint density at radius 3 is 2.38 bits per heavy atom. The maximum absolute atomic E-state index is 13.9. The number of nitrogens with one attached hydrogen (secondary N) is 1. The summed E-state index contributed by atoms with van der Waals surface area (Å²) in [6, 6.07) is 11.3. The highest BCUT2D eigenvalue weighted by Gasteiger charge is 2.14. The normalized spacial score (nSPS) is 11.8. The van der Waals surface area contributed by atoms with E-state index in [4.69, 9.17) is 10.00 Å². The predicted octanol–water partition coefficient (Wildman–Crippen LogP) is 4.75. The minimum Gasteiger partial charge on any atom is -0.384 e. The van der Waals surface area contributed by atoms with Crippen LogP contribution in [0.3, 0.4) is 0 Å². The van der Waals surface area contributed by atoms with Crippen LogP contribution in [0.2, 0.25) is 0 Å². The van der Waals surface area contributed by atoms with Crippen molar-refractivity contribution in [3.63, 3.8) is 0 Å². The number of anilines is 1. The molecular weight excluding hydrogens is 330 g/mol. The lowest BCUT2D eigenvalue weighted by atomic mass is 10.1. The van der Waals surface area contributed by atoms with Gasteiger partial charge in [-0.3, -0.25) is 0 Å². The average Bonchev–Trinajstić information content (AvgIpc) is 2.58. The van der Waals surface area contributed by atoms with Crippen molar-refractivity contribution in [3.8, 4) is 6.07 Å². The molecule has 0 radical (unpaired) electrons. The van der Waals surface area contributed by atoms with Gasteiger partial charge in [0.1, 0.15) is 5.69 Å². The van der Waals surface area contributed by atoms with Crippen molar-refractivity contribution in [2.75, 3.05) is 24.8 Å². The molecule has 0 heterocycles. The van der Waals surface area contributed by atoms with Crippen molar-refractivity contribution in [1.82, 2.24) is 0 Å². The Morgan fingerprint density at radius 1 is 1.21 bits per heavy atom. The summed E-state index contributed by atoms with van der Waals surface area (Å²) in [5.41, 5.74) is 0.648. The van der Waals surface area contributed by atoms with Gasteiger partial charge in [0.15, 0.2) is 11.6 Å². The molecule has 0 spiro atoms. The second-order valence-corrected chi connectivity index (χ2v) is 6.37. The fraction of sp³-hybridized carbons (Fsp3) is 0.278. The molecule has 0 amide bonds. The van der Waals surface area contributed by atoms with E-state index >= 15 is 0 Å². The first-order chi connectivity index (χ1) is 11.5. The summed E-state index contributed by atoms with van der Waals surface area (Å²) in [6.07, 6.45) is 0. The van der Waals surface area contributed by atoms with E-state index in [-0.39, 0.29) is 17.3 Å². The number of benzene rings is 2. The standard InChI is InChI=1S/C18H18F2N2OS/c1-12(14-3-5-15(6-4-14)24-8-7-23-2)22-18-16(19)9-13(11-21)10-17(18)20/h3-6,9-10,12,22H,7-8H2,1-2H3.